The molecular weight excluding hydrogens is 677 g/mol. The first-order valence-corrected chi connectivity index (χ1v) is 20.1. The van der Waals surface area contributed by atoms with E-state index in [1.165, 1.54) is 112 Å². The van der Waals surface area contributed by atoms with Crippen molar-refractivity contribution < 1.29 is 0 Å². The van der Waals surface area contributed by atoms with Crippen molar-refractivity contribution in [2.75, 3.05) is 0 Å². The van der Waals surface area contributed by atoms with Gasteiger partial charge in [-0.15, -0.1) is 0 Å². The lowest BCUT2D eigenvalue weighted by Crippen LogP contribution is -2.34. The topological polar surface area (TPSA) is 9.86 Å². The van der Waals surface area contributed by atoms with E-state index in [1.807, 2.05) is 0 Å². The van der Waals surface area contributed by atoms with Gasteiger partial charge in [-0.1, -0.05) is 137 Å². The van der Waals surface area contributed by atoms with Crippen molar-refractivity contribution in [2.45, 2.75) is 51.4 Å². The fraction of sp³-hybridized carbons (Fsp3) is 0.148. The van der Waals surface area contributed by atoms with Gasteiger partial charge in [0.2, 0.25) is 0 Å². The zero-order chi connectivity index (χ0) is 37.8. The van der Waals surface area contributed by atoms with Crippen LogP contribution in [0.5, 0.6) is 0 Å². The highest BCUT2D eigenvalue weighted by Gasteiger charge is 2.38. The van der Waals surface area contributed by atoms with Gasteiger partial charge in [0.1, 0.15) is 0 Å². The zero-order valence-corrected chi connectivity index (χ0v) is 32.5. The van der Waals surface area contributed by atoms with Crippen LogP contribution in [0.4, 0.5) is 0 Å². The Morgan fingerprint density at radius 2 is 0.964 bits per heavy atom. The molecule has 56 heavy (non-hydrogen) atoms. The van der Waals surface area contributed by atoms with E-state index in [-0.39, 0.29) is 10.8 Å². The molecule has 1 aliphatic carbocycles. The SMILES string of the molecule is CC1(C)CCC(C)(C)c2c(-c3ccc(-n4c5ccc(-c6ccc7c(c6)c6ccccc6n7-c6ccccc6)cc5c5c6ccccc6ccc54)cc3)cccc21. The second-order valence-electron chi connectivity index (χ2n) is 17.2. The summed E-state index contributed by atoms with van der Waals surface area (Å²) in [5.41, 5.74) is 15.7. The minimum absolute atomic E-state index is 0.134. The summed E-state index contributed by atoms with van der Waals surface area (Å²) in [5, 5.41) is 7.64. The van der Waals surface area contributed by atoms with Gasteiger partial charge in [-0.05, 0) is 128 Å². The molecule has 0 saturated heterocycles. The molecule has 0 N–H and O–H groups in total. The highest BCUT2D eigenvalue weighted by molar-refractivity contribution is 6.22. The first kappa shape index (κ1) is 33.0. The normalized spacial score (nSPS) is 14.9. The molecule has 11 rings (SSSR count). The standard InChI is InChI=1S/C54H44N2/c1-53(2)31-32-54(3,4)52-42(18-12-19-46(52)53)36-21-26-40(27-22-36)56-49-29-25-38(34-45(49)51-41-16-9-8-13-35(41)23-30-50(51)56)37-24-28-48-44(33-37)43-17-10-11-20-47(43)55(48)39-14-6-5-7-15-39/h5-30,33-34H,31-32H2,1-4H3. The maximum absolute atomic E-state index is 2.47. The zero-order valence-electron chi connectivity index (χ0n) is 32.5. The molecular formula is C54H44N2. The van der Waals surface area contributed by atoms with Gasteiger partial charge in [-0.3, -0.25) is 0 Å². The molecule has 10 aromatic rings. The van der Waals surface area contributed by atoms with Crippen LogP contribution in [-0.4, -0.2) is 9.13 Å². The lowest BCUT2D eigenvalue weighted by Gasteiger charge is -2.43. The van der Waals surface area contributed by atoms with Gasteiger partial charge in [0, 0.05) is 32.9 Å². The van der Waals surface area contributed by atoms with Crippen LogP contribution in [0.2, 0.25) is 0 Å². The molecule has 2 heteroatoms. The summed E-state index contributed by atoms with van der Waals surface area (Å²) in [6, 6.07) is 63.2. The Balaban J connectivity index is 1.09. The van der Waals surface area contributed by atoms with Crippen molar-refractivity contribution in [3.05, 3.63) is 181 Å². The molecule has 0 radical (unpaired) electrons. The summed E-state index contributed by atoms with van der Waals surface area (Å²) < 4.78 is 4.85. The molecule has 2 nitrogen and oxygen atoms in total. The Hall–Kier alpha value is -6.38. The monoisotopic (exact) mass is 720 g/mol. The highest BCUT2D eigenvalue weighted by atomic mass is 15.0. The van der Waals surface area contributed by atoms with Crippen LogP contribution in [0.15, 0.2) is 170 Å². The van der Waals surface area contributed by atoms with Crippen LogP contribution in [0.25, 0.3) is 88.0 Å². The lowest BCUT2D eigenvalue weighted by atomic mass is 9.61. The molecule has 0 fully saturated rings. The van der Waals surface area contributed by atoms with Gasteiger partial charge in [-0.25, -0.2) is 0 Å². The fourth-order valence-corrected chi connectivity index (χ4v) is 10.0. The van der Waals surface area contributed by atoms with Crippen LogP contribution in [-0.2, 0) is 10.8 Å². The molecule has 0 spiro atoms. The Bertz CT molecular complexity index is 3170. The third kappa shape index (κ3) is 4.88. The van der Waals surface area contributed by atoms with Crippen LogP contribution in [0.1, 0.15) is 51.7 Å². The maximum atomic E-state index is 2.47. The average Bonchev–Trinajstić information content (AvgIpc) is 3.75. The Labute approximate surface area is 328 Å². The number of fused-ring (bicyclic) bond motifs is 9. The summed E-state index contributed by atoms with van der Waals surface area (Å²) in [6.45, 7) is 9.68. The number of nitrogens with zero attached hydrogens (tertiary/aromatic N) is 2. The predicted octanol–water partition coefficient (Wildman–Crippen LogP) is 14.7. The summed E-state index contributed by atoms with van der Waals surface area (Å²) in [7, 11) is 0. The summed E-state index contributed by atoms with van der Waals surface area (Å²) >= 11 is 0. The van der Waals surface area contributed by atoms with Crippen molar-refractivity contribution >= 4 is 54.4 Å². The maximum Gasteiger partial charge on any atom is 0.0547 e. The minimum atomic E-state index is 0.134. The summed E-state index contributed by atoms with van der Waals surface area (Å²) in [5.74, 6) is 0. The summed E-state index contributed by atoms with van der Waals surface area (Å²) in [4.78, 5) is 0. The van der Waals surface area contributed by atoms with Gasteiger partial charge in [-0.2, -0.15) is 0 Å². The van der Waals surface area contributed by atoms with Gasteiger partial charge in [0.15, 0.2) is 0 Å². The van der Waals surface area contributed by atoms with Crippen LogP contribution in [0, 0.1) is 0 Å². The molecule has 2 aromatic heterocycles. The van der Waals surface area contributed by atoms with Crippen molar-refractivity contribution in [2.24, 2.45) is 0 Å². The molecule has 8 aromatic carbocycles. The number of hydrogen-bond acceptors (Lipinski definition) is 0. The molecule has 0 amide bonds. The number of rotatable bonds is 4. The predicted molar refractivity (Wildman–Crippen MR) is 239 cm³/mol. The quantitative estimate of drug-likeness (QED) is 0.171. The van der Waals surface area contributed by atoms with Crippen molar-refractivity contribution in [1.82, 2.24) is 9.13 Å². The van der Waals surface area contributed by atoms with E-state index in [4.69, 9.17) is 0 Å². The second-order valence-corrected chi connectivity index (χ2v) is 17.2. The Morgan fingerprint density at radius 1 is 0.393 bits per heavy atom. The van der Waals surface area contributed by atoms with Gasteiger partial charge in [0.25, 0.3) is 0 Å². The van der Waals surface area contributed by atoms with E-state index in [1.54, 1.807) is 0 Å². The Kier molecular flexibility index (Phi) is 7.11. The van der Waals surface area contributed by atoms with Crippen LogP contribution < -0.4 is 0 Å². The number of hydrogen-bond donors (Lipinski definition) is 0. The molecule has 0 aliphatic heterocycles. The highest BCUT2D eigenvalue weighted by Crippen LogP contribution is 2.49. The van der Waals surface area contributed by atoms with Crippen molar-refractivity contribution in [3.63, 3.8) is 0 Å². The molecule has 0 atom stereocenters. The largest absolute Gasteiger partial charge is 0.309 e. The van der Waals surface area contributed by atoms with Crippen LogP contribution >= 0.6 is 0 Å². The molecule has 270 valence electrons. The number of para-hydroxylation sites is 2. The average molecular weight is 721 g/mol. The van der Waals surface area contributed by atoms with Gasteiger partial charge >= 0.3 is 0 Å². The van der Waals surface area contributed by atoms with E-state index in [0.717, 1.165) is 0 Å². The molecule has 0 unspecified atom stereocenters. The third-order valence-electron chi connectivity index (χ3n) is 13.0. The van der Waals surface area contributed by atoms with Crippen molar-refractivity contribution in [1.29, 1.82) is 0 Å². The third-order valence-corrected chi connectivity index (χ3v) is 13.0. The molecule has 2 heterocycles. The number of aromatic nitrogens is 2. The molecule has 0 saturated carbocycles. The van der Waals surface area contributed by atoms with E-state index in [2.05, 4.69) is 207 Å². The van der Waals surface area contributed by atoms with E-state index in [9.17, 15) is 0 Å². The molecule has 0 bridgehead atoms. The van der Waals surface area contributed by atoms with E-state index < -0.39 is 0 Å². The van der Waals surface area contributed by atoms with Gasteiger partial charge in [0.05, 0.1) is 22.1 Å². The first-order valence-electron chi connectivity index (χ1n) is 20.1. The van der Waals surface area contributed by atoms with E-state index in [0.29, 0.717) is 0 Å². The fourth-order valence-electron chi connectivity index (χ4n) is 10.0. The lowest BCUT2D eigenvalue weighted by molar-refractivity contribution is 0.333. The Morgan fingerprint density at radius 3 is 1.75 bits per heavy atom. The van der Waals surface area contributed by atoms with Crippen LogP contribution in [0.3, 0.4) is 0 Å². The summed E-state index contributed by atoms with van der Waals surface area (Å²) in [6.07, 6.45) is 2.41. The molecule has 1 aliphatic rings. The number of benzene rings is 8. The smallest absolute Gasteiger partial charge is 0.0547 e. The van der Waals surface area contributed by atoms with Gasteiger partial charge < -0.3 is 9.13 Å². The minimum Gasteiger partial charge on any atom is -0.309 e. The van der Waals surface area contributed by atoms with E-state index >= 15 is 0 Å². The first-order chi connectivity index (χ1) is 27.3. The van der Waals surface area contributed by atoms with Crippen molar-refractivity contribution in [3.8, 4) is 33.6 Å². The second kappa shape index (κ2) is 12.1.